The van der Waals surface area contributed by atoms with E-state index in [9.17, 15) is 14.9 Å². The molecule has 0 radical (unpaired) electrons. The fraction of sp³-hybridized carbons (Fsp3) is 0.150. The number of ether oxygens (including phenoxy) is 1. The zero-order chi connectivity index (χ0) is 19.6. The minimum absolute atomic E-state index is 0.0922. The lowest BCUT2D eigenvalue weighted by molar-refractivity contribution is -0.112. The molecule has 7 heteroatoms. The van der Waals surface area contributed by atoms with Gasteiger partial charge in [0.15, 0.2) is 0 Å². The minimum Gasteiger partial charge on any atom is -0.465 e. The van der Waals surface area contributed by atoms with E-state index in [0.717, 1.165) is 16.5 Å². The van der Waals surface area contributed by atoms with Crippen molar-refractivity contribution in [2.75, 3.05) is 19.0 Å². The van der Waals surface area contributed by atoms with Gasteiger partial charge in [0, 0.05) is 17.2 Å². The lowest BCUT2D eigenvalue weighted by atomic mass is 10.1. The number of carbonyl (C=O) groups excluding carboxylic acids is 2. The van der Waals surface area contributed by atoms with Crippen LogP contribution in [-0.4, -0.2) is 25.5 Å². The Labute approximate surface area is 166 Å². The highest BCUT2D eigenvalue weighted by atomic mass is 79.9. The Morgan fingerprint density at radius 2 is 1.89 bits per heavy atom. The second-order valence-electron chi connectivity index (χ2n) is 5.49. The maximum Gasteiger partial charge on any atom is 0.339 e. The van der Waals surface area contributed by atoms with Crippen LogP contribution in [0.2, 0.25) is 0 Å². The van der Waals surface area contributed by atoms with Gasteiger partial charge in [-0.25, -0.2) is 4.79 Å². The average Bonchev–Trinajstić information content (AvgIpc) is 2.69. The van der Waals surface area contributed by atoms with Crippen molar-refractivity contribution in [3.63, 3.8) is 0 Å². The summed E-state index contributed by atoms with van der Waals surface area (Å²) in [7, 11) is 1.26. The van der Waals surface area contributed by atoms with Crippen molar-refractivity contribution in [3.05, 3.63) is 75.9 Å². The van der Waals surface area contributed by atoms with Crippen molar-refractivity contribution in [1.29, 1.82) is 5.26 Å². The molecule has 2 aromatic carbocycles. The number of nitriles is 1. The van der Waals surface area contributed by atoms with Gasteiger partial charge in [0.25, 0.3) is 5.91 Å². The number of benzene rings is 2. The van der Waals surface area contributed by atoms with Crippen LogP contribution in [0.25, 0.3) is 0 Å². The third-order valence-electron chi connectivity index (χ3n) is 3.66. The summed E-state index contributed by atoms with van der Waals surface area (Å²) in [4.78, 5) is 24.1. The van der Waals surface area contributed by atoms with Crippen LogP contribution in [0.1, 0.15) is 15.9 Å². The molecule has 138 valence electrons. The SMILES string of the molecule is COC(=O)c1ccccc1NC(=O)/C(C#N)=C\NCCc1ccc(Br)cc1. The van der Waals surface area contributed by atoms with Crippen LogP contribution in [0.4, 0.5) is 5.69 Å². The number of esters is 1. The molecule has 0 saturated carbocycles. The largest absolute Gasteiger partial charge is 0.465 e. The molecule has 0 aliphatic heterocycles. The Bertz CT molecular complexity index is 886. The second-order valence-corrected chi connectivity index (χ2v) is 6.41. The molecule has 0 saturated heterocycles. The Balaban J connectivity index is 1.97. The first kappa shape index (κ1) is 20.2. The highest BCUT2D eigenvalue weighted by Crippen LogP contribution is 2.17. The number of hydrogen-bond donors (Lipinski definition) is 2. The summed E-state index contributed by atoms with van der Waals surface area (Å²) in [5, 5.41) is 14.8. The number of nitrogens with zero attached hydrogens (tertiary/aromatic N) is 1. The number of carbonyl (C=O) groups is 2. The number of hydrogen-bond acceptors (Lipinski definition) is 5. The number of anilines is 1. The molecule has 2 N–H and O–H groups in total. The quantitative estimate of drug-likeness (QED) is 0.305. The maximum absolute atomic E-state index is 12.3. The molecule has 0 aromatic heterocycles. The smallest absolute Gasteiger partial charge is 0.339 e. The van der Waals surface area contributed by atoms with Gasteiger partial charge < -0.3 is 15.4 Å². The molecular formula is C20H18BrN3O3. The molecule has 1 amide bonds. The van der Waals surface area contributed by atoms with E-state index >= 15 is 0 Å². The molecular weight excluding hydrogens is 410 g/mol. The lowest BCUT2D eigenvalue weighted by Crippen LogP contribution is -2.19. The van der Waals surface area contributed by atoms with Gasteiger partial charge >= 0.3 is 5.97 Å². The van der Waals surface area contributed by atoms with E-state index in [1.807, 2.05) is 30.3 Å². The summed E-state index contributed by atoms with van der Waals surface area (Å²) >= 11 is 3.38. The predicted octanol–water partition coefficient (Wildman–Crippen LogP) is 3.41. The third kappa shape index (κ3) is 5.97. The first-order valence-electron chi connectivity index (χ1n) is 8.12. The van der Waals surface area contributed by atoms with E-state index in [4.69, 9.17) is 0 Å². The molecule has 0 fully saturated rings. The van der Waals surface area contributed by atoms with E-state index in [1.54, 1.807) is 18.2 Å². The first-order chi connectivity index (χ1) is 13.0. The Hall–Kier alpha value is -3.11. The second kappa shape index (κ2) is 10.1. The normalized spacial score (nSPS) is 10.6. The number of methoxy groups -OCH3 is 1. The summed E-state index contributed by atoms with van der Waals surface area (Å²) < 4.78 is 5.70. The fourth-order valence-electron chi connectivity index (χ4n) is 2.26. The van der Waals surface area contributed by atoms with Gasteiger partial charge in [0.1, 0.15) is 11.6 Å². The van der Waals surface area contributed by atoms with Crippen molar-refractivity contribution in [2.24, 2.45) is 0 Å². The van der Waals surface area contributed by atoms with Crippen LogP contribution in [0.15, 0.2) is 64.8 Å². The van der Waals surface area contributed by atoms with Crippen LogP contribution in [0.5, 0.6) is 0 Å². The molecule has 0 bridgehead atoms. The van der Waals surface area contributed by atoms with Crippen LogP contribution in [0.3, 0.4) is 0 Å². The van der Waals surface area contributed by atoms with E-state index < -0.39 is 11.9 Å². The van der Waals surface area contributed by atoms with Crippen LogP contribution in [-0.2, 0) is 16.0 Å². The van der Waals surface area contributed by atoms with Crippen LogP contribution in [0, 0.1) is 11.3 Å². The van der Waals surface area contributed by atoms with Gasteiger partial charge in [0.2, 0.25) is 0 Å². The first-order valence-corrected chi connectivity index (χ1v) is 8.91. The Morgan fingerprint density at radius 3 is 2.56 bits per heavy atom. The van der Waals surface area contributed by atoms with Gasteiger partial charge in [-0.2, -0.15) is 5.26 Å². The van der Waals surface area contributed by atoms with Crippen molar-refractivity contribution >= 4 is 33.5 Å². The third-order valence-corrected chi connectivity index (χ3v) is 4.19. The zero-order valence-electron chi connectivity index (χ0n) is 14.7. The molecule has 0 atom stereocenters. The summed E-state index contributed by atoms with van der Waals surface area (Å²) in [5.74, 6) is -1.17. The van der Waals surface area contributed by atoms with Gasteiger partial charge in [-0.1, -0.05) is 40.2 Å². The molecule has 0 heterocycles. The standard InChI is InChI=1S/C20H18BrN3O3/c1-27-20(26)17-4-2-3-5-18(17)24-19(25)15(12-22)13-23-11-10-14-6-8-16(21)9-7-14/h2-9,13,23H,10-11H2,1H3,(H,24,25)/b15-13-. The monoisotopic (exact) mass is 427 g/mol. The van der Waals surface area contributed by atoms with Crippen molar-refractivity contribution in [1.82, 2.24) is 5.32 Å². The molecule has 2 rings (SSSR count). The van der Waals surface area contributed by atoms with Crippen LogP contribution >= 0.6 is 15.9 Å². The molecule has 6 nitrogen and oxygen atoms in total. The fourth-order valence-corrected chi connectivity index (χ4v) is 2.52. The summed E-state index contributed by atoms with van der Waals surface area (Å²) in [5.41, 5.74) is 1.54. The van der Waals surface area contributed by atoms with Crippen LogP contribution < -0.4 is 10.6 Å². The number of amides is 1. The highest BCUT2D eigenvalue weighted by Gasteiger charge is 2.15. The Kier molecular flexibility index (Phi) is 7.59. The molecule has 0 unspecified atom stereocenters. The molecule has 0 aliphatic carbocycles. The number of para-hydroxylation sites is 1. The van der Waals surface area contributed by atoms with Crippen molar-refractivity contribution < 1.29 is 14.3 Å². The van der Waals surface area contributed by atoms with Gasteiger partial charge in [-0.3, -0.25) is 4.79 Å². The minimum atomic E-state index is -0.606. The van der Waals surface area contributed by atoms with Gasteiger partial charge in [-0.05, 0) is 36.2 Å². The van der Waals surface area contributed by atoms with E-state index in [-0.39, 0.29) is 16.8 Å². The van der Waals surface area contributed by atoms with Gasteiger partial charge in [0.05, 0.1) is 18.4 Å². The summed E-state index contributed by atoms with van der Waals surface area (Å²) in [6, 6.07) is 16.2. The number of rotatable bonds is 7. The molecule has 2 aromatic rings. The molecule has 0 spiro atoms. The zero-order valence-corrected chi connectivity index (χ0v) is 16.2. The lowest BCUT2D eigenvalue weighted by Gasteiger charge is -2.09. The van der Waals surface area contributed by atoms with Crippen molar-refractivity contribution in [3.8, 4) is 6.07 Å². The van der Waals surface area contributed by atoms with Gasteiger partial charge in [-0.15, -0.1) is 0 Å². The number of halogens is 1. The highest BCUT2D eigenvalue weighted by molar-refractivity contribution is 9.10. The van der Waals surface area contributed by atoms with E-state index in [0.29, 0.717) is 6.54 Å². The summed E-state index contributed by atoms with van der Waals surface area (Å²) in [6.45, 7) is 0.568. The topological polar surface area (TPSA) is 91.2 Å². The average molecular weight is 428 g/mol. The molecule has 0 aliphatic rings. The van der Waals surface area contributed by atoms with E-state index in [1.165, 1.54) is 19.4 Å². The predicted molar refractivity (Wildman–Crippen MR) is 106 cm³/mol. The van der Waals surface area contributed by atoms with Crippen molar-refractivity contribution in [2.45, 2.75) is 6.42 Å². The maximum atomic E-state index is 12.3. The summed E-state index contributed by atoms with van der Waals surface area (Å²) in [6.07, 6.45) is 2.12. The Morgan fingerprint density at radius 1 is 1.19 bits per heavy atom. The van der Waals surface area contributed by atoms with E-state index in [2.05, 4.69) is 31.3 Å². The molecule has 27 heavy (non-hydrogen) atoms. The number of nitrogens with one attached hydrogen (secondary N) is 2.